The summed E-state index contributed by atoms with van der Waals surface area (Å²) in [6, 6.07) is 0. The molecule has 0 saturated carbocycles. The van der Waals surface area contributed by atoms with Crippen molar-refractivity contribution >= 4 is 20.9 Å². The molecule has 1 fully saturated rings. The second-order valence-electron chi connectivity index (χ2n) is 6.38. The molecule has 0 bridgehead atoms. The highest BCUT2D eigenvalue weighted by Gasteiger charge is 2.48. The number of hydrogen-bond acceptors (Lipinski definition) is 3. The van der Waals surface area contributed by atoms with Crippen LogP contribution in [0.5, 0.6) is 0 Å². The van der Waals surface area contributed by atoms with Crippen molar-refractivity contribution in [1.82, 2.24) is 14.2 Å². The van der Waals surface area contributed by atoms with Crippen LogP contribution in [-0.2, 0) is 0 Å². The van der Waals surface area contributed by atoms with Crippen LogP contribution in [0.2, 0.25) is 19.0 Å². The molecule has 0 radical (unpaired) electrons. The highest BCUT2D eigenvalue weighted by Crippen LogP contribution is 2.26. The van der Waals surface area contributed by atoms with Gasteiger partial charge in [0.1, 0.15) is 0 Å². The minimum absolute atomic E-state index is 0.632. The zero-order valence-electron chi connectivity index (χ0n) is 15.4. The molecular formula is C15H36B3N3. The molecule has 0 aromatic heterocycles. The SMILES string of the molecule is CCCN1B(CC)N(CCC)B(CC)N(CCC)B1CC. The molecule has 120 valence electrons. The highest BCUT2D eigenvalue weighted by molar-refractivity contribution is 6.86. The van der Waals surface area contributed by atoms with Crippen molar-refractivity contribution in [3.05, 3.63) is 0 Å². The Hall–Kier alpha value is 0.0748. The smallest absolute Gasteiger partial charge is 0.289 e. The van der Waals surface area contributed by atoms with E-state index in [9.17, 15) is 0 Å². The lowest BCUT2D eigenvalue weighted by atomic mass is 9.40. The van der Waals surface area contributed by atoms with Gasteiger partial charge in [0.05, 0.1) is 0 Å². The van der Waals surface area contributed by atoms with E-state index in [4.69, 9.17) is 0 Å². The van der Waals surface area contributed by atoms with Crippen molar-refractivity contribution in [2.24, 2.45) is 0 Å². The van der Waals surface area contributed by atoms with E-state index in [-0.39, 0.29) is 0 Å². The maximum Gasteiger partial charge on any atom is 0.289 e. The van der Waals surface area contributed by atoms with Gasteiger partial charge in [0.15, 0.2) is 0 Å². The fourth-order valence-electron chi connectivity index (χ4n) is 4.24. The molecule has 1 aliphatic heterocycles. The molecule has 0 amide bonds. The molecule has 0 aliphatic carbocycles. The first-order chi connectivity index (χ1) is 10.2. The lowest BCUT2D eigenvalue weighted by Gasteiger charge is -2.54. The van der Waals surface area contributed by atoms with Gasteiger partial charge in [-0.25, -0.2) is 0 Å². The molecule has 1 aliphatic rings. The maximum atomic E-state index is 2.79. The van der Waals surface area contributed by atoms with Crippen LogP contribution < -0.4 is 0 Å². The van der Waals surface area contributed by atoms with E-state index >= 15 is 0 Å². The quantitative estimate of drug-likeness (QED) is 0.600. The molecular weight excluding hydrogens is 255 g/mol. The Balaban J connectivity index is 3.11. The van der Waals surface area contributed by atoms with E-state index in [0.29, 0.717) is 20.9 Å². The van der Waals surface area contributed by atoms with Crippen molar-refractivity contribution in [2.45, 2.75) is 79.8 Å². The zero-order valence-corrected chi connectivity index (χ0v) is 15.4. The third-order valence-electron chi connectivity index (χ3n) is 4.84. The summed E-state index contributed by atoms with van der Waals surface area (Å²) in [6.07, 6.45) is 7.49. The summed E-state index contributed by atoms with van der Waals surface area (Å²) in [5.41, 5.74) is 0. The van der Waals surface area contributed by atoms with Gasteiger partial charge in [0.2, 0.25) is 0 Å². The van der Waals surface area contributed by atoms with Gasteiger partial charge < -0.3 is 14.2 Å². The van der Waals surface area contributed by atoms with Crippen LogP contribution in [0.1, 0.15) is 60.8 Å². The molecule has 1 rings (SSSR count). The first-order valence-electron chi connectivity index (χ1n) is 9.47. The average Bonchev–Trinajstić information content (AvgIpc) is 2.49. The van der Waals surface area contributed by atoms with Gasteiger partial charge in [0, 0.05) is 0 Å². The van der Waals surface area contributed by atoms with Crippen LogP contribution in [0, 0.1) is 0 Å². The Morgan fingerprint density at radius 2 is 0.714 bits per heavy atom. The van der Waals surface area contributed by atoms with Crippen LogP contribution in [0.15, 0.2) is 0 Å². The Kier molecular flexibility index (Phi) is 9.07. The summed E-state index contributed by atoms with van der Waals surface area (Å²) in [7, 11) is 0. The summed E-state index contributed by atoms with van der Waals surface area (Å²) in [5.74, 6) is 0. The van der Waals surface area contributed by atoms with Crippen LogP contribution in [0.25, 0.3) is 0 Å². The second-order valence-corrected chi connectivity index (χ2v) is 6.38. The Morgan fingerprint density at radius 3 is 0.857 bits per heavy atom. The van der Waals surface area contributed by atoms with Gasteiger partial charge in [-0.15, -0.1) is 0 Å². The average molecular weight is 291 g/mol. The standard InChI is InChI=1S/C15H36B3N3/c1-7-13-19-16(10-4)20(14-8-2)18(12-6)21(15-9-3)17(19)11-5/h7-15H2,1-6H3. The molecule has 0 unspecified atom stereocenters. The summed E-state index contributed by atoms with van der Waals surface area (Å²) in [4.78, 5) is 0. The molecule has 0 atom stereocenters. The van der Waals surface area contributed by atoms with E-state index in [1.165, 1.54) is 57.9 Å². The monoisotopic (exact) mass is 291 g/mol. The zero-order chi connectivity index (χ0) is 15.8. The van der Waals surface area contributed by atoms with E-state index in [0.717, 1.165) is 0 Å². The van der Waals surface area contributed by atoms with Crippen LogP contribution in [-0.4, -0.2) is 54.7 Å². The lowest BCUT2D eigenvalue weighted by Crippen LogP contribution is -2.77. The molecule has 1 heterocycles. The molecule has 1 saturated heterocycles. The fraction of sp³-hybridized carbons (Fsp3) is 1.00. The highest BCUT2D eigenvalue weighted by atomic mass is 15.3. The first-order valence-corrected chi connectivity index (χ1v) is 9.47. The molecule has 0 N–H and O–H groups in total. The minimum atomic E-state index is 0.632. The van der Waals surface area contributed by atoms with Gasteiger partial charge in [-0.2, -0.15) is 0 Å². The van der Waals surface area contributed by atoms with Crippen molar-refractivity contribution in [1.29, 1.82) is 0 Å². The van der Waals surface area contributed by atoms with E-state index in [1.54, 1.807) is 0 Å². The normalized spacial score (nSPS) is 18.9. The van der Waals surface area contributed by atoms with Gasteiger partial charge in [-0.1, -0.05) is 41.5 Å². The van der Waals surface area contributed by atoms with Gasteiger partial charge in [0.25, 0.3) is 20.9 Å². The van der Waals surface area contributed by atoms with E-state index < -0.39 is 0 Å². The van der Waals surface area contributed by atoms with Crippen LogP contribution in [0.4, 0.5) is 0 Å². The second kappa shape index (κ2) is 9.96. The molecule has 3 nitrogen and oxygen atoms in total. The number of nitrogens with zero attached hydrogens (tertiary/aromatic N) is 3. The molecule has 0 spiro atoms. The molecule has 21 heavy (non-hydrogen) atoms. The largest absolute Gasteiger partial charge is 0.357 e. The Labute approximate surface area is 135 Å². The lowest BCUT2D eigenvalue weighted by molar-refractivity contribution is 0.419. The van der Waals surface area contributed by atoms with Crippen molar-refractivity contribution < 1.29 is 0 Å². The maximum absolute atomic E-state index is 2.79. The topological polar surface area (TPSA) is 9.72 Å². The summed E-state index contributed by atoms with van der Waals surface area (Å²) in [5, 5.41) is 0. The summed E-state index contributed by atoms with van der Waals surface area (Å²) < 4.78 is 8.37. The van der Waals surface area contributed by atoms with Gasteiger partial charge in [-0.05, 0) is 57.9 Å². The Bertz CT molecular complexity index is 226. The van der Waals surface area contributed by atoms with Gasteiger partial charge >= 0.3 is 0 Å². The van der Waals surface area contributed by atoms with E-state index in [2.05, 4.69) is 55.7 Å². The van der Waals surface area contributed by atoms with Crippen LogP contribution >= 0.6 is 0 Å². The predicted octanol–water partition coefficient (Wildman–Crippen LogP) is 3.66. The molecule has 0 aromatic rings. The molecule has 0 aromatic carbocycles. The third kappa shape index (κ3) is 4.30. The summed E-state index contributed by atoms with van der Waals surface area (Å²) in [6.45, 7) is 19.6. The Morgan fingerprint density at radius 1 is 0.476 bits per heavy atom. The fourth-order valence-corrected chi connectivity index (χ4v) is 4.24. The van der Waals surface area contributed by atoms with Crippen LogP contribution in [0.3, 0.4) is 0 Å². The van der Waals surface area contributed by atoms with Gasteiger partial charge in [-0.3, -0.25) is 0 Å². The summed E-state index contributed by atoms with van der Waals surface area (Å²) >= 11 is 0. The number of rotatable bonds is 9. The number of hydrogen-bond donors (Lipinski definition) is 0. The third-order valence-corrected chi connectivity index (χ3v) is 4.84. The predicted molar refractivity (Wildman–Crippen MR) is 99.7 cm³/mol. The van der Waals surface area contributed by atoms with Crippen molar-refractivity contribution in [3.63, 3.8) is 0 Å². The van der Waals surface area contributed by atoms with Crippen molar-refractivity contribution in [3.8, 4) is 0 Å². The first kappa shape index (κ1) is 19.1. The minimum Gasteiger partial charge on any atom is -0.357 e. The molecule has 6 heteroatoms. The van der Waals surface area contributed by atoms with E-state index in [1.807, 2.05) is 0 Å². The van der Waals surface area contributed by atoms with Crippen molar-refractivity contribution in [2.75, 3.05) is 19.6 Å².